The van der Waals surface area contributed by atoms with Crippen molar-refractivity contribution in [2.24, 2.45) is 14.1 Å². The number of para-hydroxylation sites is 1. The zero-order valence-corrected chi connectivity index (χ0v) is 14.9. The Kier molecular flexibility index (Phi) is 5.80. The Morgan fingerprint density at radius 3 is 2.36 bits per heavy atom. The molecule has 1 heterocycles. The Morgan fingerprint density at radius 2 is 1.80 bits per heavy atom. The van der Waals surface area contributed by atoms with Gasteiger partial charge in [-0.1, -0.05) is 25.1 Å². The van der Waals surface area contributed by atoms with E-state index in [9.17, 15) is 14.4 Å². The van der Waals surface area contributed by atoms with Crippen LogP contribution in [0.3, 0.4) is 0 Å². The van der Waals surface area contributed by atoms with Crippen LogP contribution in [0.15, 0.2) is 46.0 Å². The molecule has 1 unspecified atom stereocenters. The lowest BCUT2D eigenvalue weighted by Crippen LogP contribution is -2.44. The summed E-state index contributed by atoms with van der Waals surface area (Å²) < 4.78 is 7.39. The smallest absolute Gasteiger partial charge is 0.330 e. The number of hydrogen-bond donors (Lipinski definition) is 0. The zero-order valence-electron chi connectivity index (χ0n) is 14.9. The third kappa shape index (κ3) is 3.81. The maximum atomic E-state index is 12.2. The predicted molar refractivity (Wildman–Crippen MR) is 95.6 cm³/mol. The van der Waals surface area contributed by atoms with E-state index in [1.165, 1.54) is 24.8 Å². The Labute approximate surface area is 146 Å². The minimum Gasteiger partial charge on any atom is -0.467 e. The maximum Gasteiger partial charge on any atom is 0.330 e. The Bertz CT molecular complexity index is 855. The summed E-state index contributed by atoms with van der Waals surface area (Å²) in [5, 5.41) is 0. The molecule has 0 aliphatic rings. The van der Waals surface area contributed by atoms with Gasteiger partial charge in [0.05, 0.1) is 13.7 Å². The van der Waals surface area contributed by atoms with E-state index in [-0.39, 0.29) is 18.1 Å². The first-order valence-corrected chi connectivity index (χ1v) is 8.06. The first kappa shape index (κ1) is 18.5. The van der Waals surface area contributed by atoms with Crippen LogP contribution in [0.1, 0.15) is 19.0 Å². The first-order chi connectivity index (χ1) is 11.9. The van der Waals surface area contributed by atoms with Crippen LogP contribution in [0.4, 0.5) is 5.69 Å². The molecule has 1 aromatic carbocycles. The van der Waals surface area contributed by atoms with E-state index in [4.69, 9.17) is 4.74 Å². The van der Waals surface area contributed by atoms with Crippen molar-refractivity contribution in [1.82, 2.24) is 9.13 Å². The molecule has 0 bridgehead atoms. The number of methoxy groups -OCH3 is 1. The molecular formula is C18H23N3O4. The van der Waals surface area contributed by atoms with Crippen LogP contribution in [-0.4, -0.2) is 28.3 Å². The van der Waals surface area contributed by atoms with Gasteiger partial charge in [0, 0.05) is 31.5 Å². The van der Waals surface area contributed by atoms with Crippen molar-refractivity contribution >= 4 is 11.7 Å². The standard InChI is InChI=1S/C18H23N3O4/c1-5-15(17(23)25-4)21(13-9-7-6-8-10-13)12-14-11-16(22)20(3)18(24)19(14)2/h6-11,15H,5,12H2,1-4H3. The van der Waals surface area contributed by atoms with Crippen LogP contribution in [0, 0.1) is 0 Å². The highest BCUT2D eigenvalue weighted by atomic mass is 16.5. The van der Waals surface area contributed by atoms with Crippen molar-refractivity contribution in [3.63, 3.8) is 0 Å². The molecule has 7 nitrogen and oxygen atoms in total. The van der Waals surface area contributed by atoms with Gasteiger partial charge in [0.15, 0.2) is 0 Å². The van der Waals surface area contributed by atoms with Crippen LogP contribution in [-0.2, 0) is 30.2 Å². The van der Waals surface area contributed by atoms with Gasteiger partial charge in [-0.25, -0.2) is 9.59 Å². The Hall–Kier alpha value is -2.83. The van der Waals surface area contributed by atoms with Gasteiger partial charge in [-0.2, -0.15) is 0 Å². The topological polar surface area (TPSA) is 73.5 Å². The number of anilines is 1. The lowest BCUT2D eigenvalue weighted by molar-refractivity contribution is -0.142. The molecule has 0 spiro atoms. The molecule has 0 aliphatic carbocycles. The van der Waals surface area contributed by atoms with Gasteiger partial charge < -0.3 is 9.64 Å². The fraction of sp³-hybridized carbons (Fsp3) is 0.389. The lowest BCUT2D eigenvalue weighted by atomic mass is 10.1. The molecule has 1 atom stereocenters. The molecule has 0 saturated heterocycles. The van der Waals surface area contributed by atoms with E-state index >= 15 is 0 Å². The molecule has 1 aromatic heterocycles. The van der Waals surface area contributed by atoms with Crippen molar-refractivity contribution in [3.8, 4) is 0 Å². The Balaban J connectivity index is 2.53. The fourth-order valence-corrected chi connectivity index (χ4v) is 2.76. The van der Waals surface area contributed by atoms with Crippen LogP contribution < -0.4 is 16.1 Å². The highest BCUT2D eigenvalue weighted by Gasteiger charge is 2.26. The number of carbonyl (C=O) groups is 1. The molecule has 0 saturated carbocycles. The average Bonchev–Trinajstić information content (AvgIpc) is 2.64. The van der Waals surface area contributed by atoms with E-state index in [0.717, 1.165) is 10.3 Å². The third-order valence-corrected chi connectivity index (χ3v) is 4.28. The second-order valence-electron chi connectivity index (χ2n) is 5.79. The van der Waals surface area contributed by atoms with E-state index in [0.29, 0.717) is 12.1 Å². The van der Waals surface area contributed by atoms with Crippen LogP contribution in [0.2, 0.25) is 0 Å². The molecule has 0 amide bonds. The average molecular weight is 345 g/mol. The van der Waals surface area contributed by atoms with E-state index < -0.39 is 11.7 Å². The molecule has 25 heavy (non-hydrogen) atoms. The monoisotopic (exact) mass is 345 g/mol. The maximum absolute atomic E-state index is 12.2. The Morgan fingerprint density at radius 1 is 1.16 bits per heavy atom. The molecule has 2 rings (SSSR count). The van der Waals surface area contributed by atoms with Gasteiger partial charge in [-0.15, -0.1) is 0 Å². The van der Waals surface area contributed by atoms with E-state index in [2.05, 4.69) is 0 Å². The lowest BCUT2D eigenvalue weighted by Gasteiger charge is -2.31. The summed E-state index contributed by atoms with van der Waals surface area (Å²) >= 11 is 0. The molecule has 0 fully saturated rings. The quantitative estimate of drug-likeness (QED) is 0.732. The normalized spacial score (nSPS) is 11.8. The van der Waals surface area contributed by atoms with Gasteiger partial charge >= 0.3 is 11.7 Å². The summed E-state index contributed by atoms with van der Waals surface area (Å²) in [5.74, 6) is -0.361. The van der Waals surface area contributed by atoms with Crippen molar-refractivity contribution in [2.45, 2.75) is 25.9 Å². The summed E-state index contributed by atoms with van der Waals surface area (Å²) in [7, 11) is 4.40. The summed E-state index contributed by atoms with van der Waals surface area (Å²) in [6.07, 6.45) is 0.528. The minimum atomic E-state index is -0.522. The number of esters is 1. The van der Waals surface area contributed by atoms with Crippen molar-refractivity contribution < 1.29 is 9.53 Å². The van der Waals surface area contributed by atoms with Gasteiger partial charge in [0.1, 0.15) is 6.04 Å². The fourth-order valence-electron chi connectivity index (χ4n) is 2.76. The van der Waals surface area contributed by atoms with E-state index in [1.54, 1.807) is 7.05 Å². The number of nitrogens with zero attached hydrogens (tertiary/aromatic N) is 3. The van der Waals surface area contributed by atoms with Crippen molar-refractivity contribution in [2.75, 3.05) is 12.0 Å². The number of rotatable bonds is 6. The predicted octanol–water partition coefficient (Wildman–Crippen LogP) is 1.04. The number of benzene rings is 1. The van der Waals surface area contributed by atoms with Crippen LogP contribution >= 0.6 is 0 Å². The number of carbonyl (C=O) groups excluding carboxylic acids is 1. The summed E-state index contributed by atoms with van der Waals surface area (Å²) in [6, 6.07) is 10.3. The second kappa shape index (κ2) is 7.83. The number of hydrogen-bond acceptors (Lipinski definition) is 5. The minimum absolute atomic E-state index is 0.236. The number of ether oxygens (including phenoxy) is 1. The molecule has 134 valence electrons. The van der Waals surface area contributed by atoms with Crippen LogP contribution in [0.25, 0.3) is 0 Å². The van der Waals surface area contributed by atoms with Gasteiger partial charge in [0.2, 0.25) is 0 Å². The third-order valence-electron chi connectivity index (χ3n) is 4.28. The van der Waals surface area contributed by atoms with Crippen LogP contribution in [0.5, 0.6) is 0 Å². The highest BCUT2D eigenvalue weighted by molar-refractivity contribution is 5.80. The van der Waals surface area contributed by atoms with Gasteiger partial charge in [0.25, 0.3) is 5.56 Å². The highest BCUT2D eigenvalue weighted by Crippen LogP contribution is 2.21. The number of aromatic nitrogens is 2. The van der Waals surface area contributed by atoms with Gasteiger partial charge in [-0.05, 0) is 18.6 Å². The van der Waals surface area contributed by atoms with Crippen molar-refractivity contribution in [3.05, 3.63) is 62.9 Å². The zero-order chi connectivity index (χ0) is 18.6. The largest absolute Gasteiger partial charge is 0.467 e. The molecule has 2 aromatic rings. The van der Waals surface area contributed by atoms with Crippen molar-refractivity contribution in [1.29, 1.82) is 0 Å². The summed E-state index contributed by atoms with van der Waals surface area (Å²) in [4.78, 5) is 38.2. The molecule has 0 aliphatic heterocycles. The van der Waals surface area contributed by atoms with Gasteiger partial charge in [-0.3, -0.25) is 13.9 Å². The second-order valence-corrected chi connectivity index (χ2v) is 5.79. The first-order valence-electron chi connectivity index (χ1n) is 8.06. The molecule has 7 heteroatoms. The SMILES string of the molecule is CCC(C(=O)OC)N(Cc1cc(=O)n(C)c(=O)n1C)c1ccccc1. The summed E-state index contributed by atoms with van der Waals surface area (Å²) in [5.41, 5.74) is 0.561. The molecule has 0 radical (unpaired) electrons. The summed E-state index contributed by atoms with van der Waals surface area (Å²) in [6.45, 7) is 2.13. The van der Waals surface area contributed by atoms with E-state index in [1.807, 2.05) is 42.2 Å². The molecular weight excluding hydrogens is 322 g/mol. The molecule has 0 N–H and O–H groups in total.